The normalized spacial score (nSPS) is 14.8. The van der Waals surface area contributed by atoms with E-state index in [2.05, 4.69) is 12.2 Å². The molecule has 3 unspecified atom stereocenters. The Balaban J connectivity index is 3.89. The molecule has 2 N–H and O–H groups in total. The summed E-state index contributed by atoms with van der Waals surface area (Å²) in [5, 5.41) is 13.5. The van der Waals surface area contributed by atoms with Crippen LogP contribution in [0.2, 0.25) is 0 Å². The van der Waals surface area contributed by atoms with Crippen LogP contribution in [0.4, 0.5) is 0 Å². The number of phosphoric acid groups is 1. The van der Waals surface area contributed by atoms with E-state index in [4.69, 9.17) is 9.05 Å². The fraction of sp³-hybridized carbons (Fsp3) is 0.971. The molecule has 44 heavy (non-hydrogen) atoms. The maximum Gasteiger partial charge on any atom is 0.268 e. The molecule has 1 amide bonds. The molecule has 0 saturated heterocycles. The van der Waals surface area contributed by atoms with E-state index in [0.29, 0.717) is 30.3 Å². The monoisotopic (exact) mass is 649 g/mol. The highest BCUT2D eigenvalue weighted by atomic mass is 31.2. The molecule has 0 aliphatic carbocycles. The molecule has 0 heterocycles. The number of hydrogen-bond acceptors (Lipinski definition) is 6. The summed E-state index contributed by atoms with van der Waals surface area (Å²) in [7, 11) is 1.30. The van der Waals surface area contributed by atoms with Gasteiger partial charge in [-0.2, -0.15) is 0 Å². The lowest BCUT2D eigenvalue weighted by Gasteiger charge is -2.30. The Bertz CT molecular complexity index is 703. The zero-order chi connectivity index (χ0) is 32.9. The van der Waals surface area contributed by atoms with Crippen molar-refractivity contribution in [3.63, 3.8) is 0 Å². The largest absolute Gasteiger partial charge is 0.756 e. The molecule has 3 atom stereocenters. The fourth-order valence-electron chi connectivity index (χ4n) is 5.38. The van der Waals surface area contributed by atoms with Crippen molar-refractivity contribution in [2.45, 2.75) is 180 Å². The van der Waals surface area contributed by atoms with Gasteiger partial charge in [-0.25, -0.2) is 0 Å². The van der Waals surface area contributed by atoms with Gasteiger partial charge < -0.3 is 28.8 Å². The van der Waals surface area contributed by atoms with E-state index in [0.717, 1.165) is 19.3 Å². The number of phosphoric ester groups is 1. The molecule has 0 saturated carbocycles. The fourth-order valence-corrected chi connectivity index (χ4v) is 6.10. The first kappa shape index (κ1) is 43.5. The lowest BCUT2D eigenvalue weighted by Crippen LogP contribution is -2.46. The van der Waals surface area contributed by atoms with Gasteiger partial charge in [-0.3, -0.25) is 9.36 Å². The van der Waals surface area contributed by atoms with Crippen molar-refractivity contribution in [1.82, 2.24) is 5.32 Å². The Kier molecular flexibility index (Phi) is 28.4. The van der Waals surface area contributed by atoms with Crippen LogP contribution >= 0.6 is 7.82 Å². The van der Waals surface area contributed by atoms with E-state index < -0.39 is 20.0 Å². The van der Waals surface area contributed by atoms with E-state index in [1.54, 1.807) is 0 Å². The molecule has 0 bridgehead atoms. The molecule has 8 nitrogen and oxygen atoms in total. The number of aliphatic hydroxyl groups is 1. The van der Waals surface area contributed by atoms with Crippen LogP contribution in [0.1, 0.15) is 168 Å². The van der Waals surface area contributed by atoms with E-state index in [1.807, 2.05) is 28.1 Å². The second kappa shape index (κ2) is 28.7. The molecule has 0 aromatic heterocycles. The molecular weight excluding hydrogens is 575 g/mol. The van der Waals surface area contributed by atoms with Gasteiger partial charge in [-0.05, 0) is 12.8 Å². The molecule has 9 heteroatoms. The first-order valence-corrected chi connectivity index (χ1v) is 19.8. The summed E-state index contributed by atoms with van der Waals surface area (Å²) < 4.78 is 22.8. The van der Waals surface area contributed by atoms with Crippen LogP contribution in [0.25, 0.3) is 0 Å². The third-order valence-electron chi connectivity index (χ3n) is 8.32. The van der Waals surface area contributed by atoms with Crippen molar-refractivity contribution in [2.75, 3.05) is 40.9 Å². The third-order valence-corrected chi connectivity index (χ3v) is 9.28. The number of nitrogens with one attached hydrogen (secondary N) is 1. The summed E-state index contributed by atoms with van der Waals surface area (Å²) in [6.45, 7) is 4.37. The Morgan fingerprint density at radius 1 is 0.705 bits per heavy atom. The predicted octanol–water partition coefficient (Wildman–Crippen LogP) is 8.44. The van der Waals surface area contributed by atoms with Gasteiger partial charge >= 0.3 is 0 Å². The van der Waals surface area contributed by atoms with E-state index >= 15 is 0 Å². The van der Waals surface area contributed by atoms with Gasteiger partial charge in [0, 0.05) is 6.42 Å². The quantitative estimate of drug-likeness (QED) is 0.0420. The highest BCUT2D eigenvalue weighted by molar-refractivity contribution is 7.45. The first-order chi connectivity index (χ1) is 21.0. The number of unbranched alkanes of at least 4 members (excludes halogenated alkanes) is 20. The Labute approximate surface area is 272 Å². The van der Waals surface area contributed by atoms with Gasteiger partial charge in [0.25, 0.3) is 7.82 Å². The van der Waals surface area contributed by atoms with Gasteiger partial charge in [-0.15, -0.1) is 0 Å². The maximum atomic E-state index is 12.2. The minimum atomic E-state index is -4.52. The van der Waals surface area contributed by atoms with Gasteiger partial charge in [-0.1, -0.05) is 149 Å². The van der Waals surface area contributed by atoms with Crippen molar-refractivity contribution in [3.05, 3.63) is 0 Å². The summed E-state index contributed by atoms with van der Waals surface area (Å²) >= 11 is 0. The van der Waals surface area contributed by atoms with Crippen molar-refractivity contribution >= 4 is 13.7 Å². The smallest absolute Gasteiger partial charge is 0.268 e. The summed E-state index contributed by atoms with van der Waals surface area (Å²) in [6.07, 6.45) is 28.4. The topological polar surface area (TPSA) is 108 Å². The van der Waals surface area contributed by atoms with Crippen LogP contribution in [-0.2, 0) is 18.4 Å². The Morgan fingerprint density at radius 2 is 1.11 bits per heavy atom. The second-order valence-electron chi connectivity index (χ2n) is 13.9. The summed E-state index contributed by atoms with van der Waals surface area (Å²) in [5.74, 6) is -0.217. The second-order valence-corrected chi connectivity index (χ2v) is 15.4. The zero-order valence-corrected chi connectivity index (χ0v) is 30.5. The van der Waals surface area contributed by atoms with Crippen LogP contribution in [0.5, 0.6) is 0 Å². The number of likely N-dealkylation sites (N-methyl/N-ethyl adjacent to an activating group) is 1. The van der Waals surface area contributed by atoms with Crippen molar-refractivity contribution < 1.29 is 32.9 Å². The molecule has 0 aliphatic heterocycles. The molecule has 0 aromatic rings. The maximum absolute atomic E-state index is 12.2. The SMILES string of the molecule is CCCCCCCCCCCCCCCCCCCCCCCC(O)C(COP(=O)([O-])OCC[N+](C)(C)C)NC(=O)CCC. The number of amides is 1. The minimum Gasteiger partial charge on any atom is -0.756 e. The van der Waals surface area contributed by atoms with Gasteiger partial charge in [0.05, 0.1) is 39.9 Å². The lowest BCUT2D eigenvalue weighted by molar-refractivity contribution is -0.870. The van der Waals surface area contributed by atoms with Crippen LogP contribution in [0, 0.1) is 0 Å². The summed E-state index contributed by atoms with van der Waals surface area (Å²) in [6, 6.07) is -0.788. The molecule has 264 valence electrons. The third kappa shape index (κ3) is 30.2. The molecule has 0 spiro atoms. The standard InChI is InChI=1S/C35H73N2O6P/c1-6-8-9-10-11-12-13-14-15-16-17-18-19-20-21-22-23-24-25-26-27-29-34(38)33(36-35(39)28-7-2)32-43-44(40,41)42-31-30-37(3,4)5/h33-34,38H,6-32H2,1-5H3,(H-,36,39,40,41). The van der Waals surface area contributed by atoms with Crippen LogP contribution in [-0.4, -0.2) is 68.5 Å². The van der Waals surface area contributed by atoms with Crippen molar-refractivity contribution in [1.29, 1.82) is 0 Å². The molecular formula is C35H73N2O6P. The lowest BCUT2D eigenvalue weighted by atomic mass is 10.0. The van der Waals surface area contributed by atoms with Crippen LogP contribution < -0.4 is 10.2 Å². The number of hydrogen-bond donors (Lipinski definition) is 2. The molecule has 0 aliphatic rings. The number of quaternary nitrogens is 1. The number of rotatable bonds is 33. The van der Waals surface area contributed by atoms with E-state index in [1.165, 1.54) is 116 Å². The zero-order valence-electron chi connectivity index (χ0n) is 29.6. The molecule has 0 fully saturated rings. The number of aliphatic hydroxyl groups excluding tert-OH is 1. The number of carbonyl (C=O) groups excluding carboxylic acids is 1. The predicted molar refractivity (Wildman–Crippen MR) is 183 cm³/mol. The molecule has 0 radical (unpaired) electrons. The number of nitrogens with zero attached hydrogens (tertiary/aromatic N) is 1. The van der Waals surface area contributed by atoms with E-state index in [9.17, 15) is 19.4 Å². The van der Waals surface area contributed by atoms with Crippen molar-refractivity contribution in [3.8, 4) is 0 Å². The molecule has 0 aromatic carbocycles. The average molecular weight is 649 g/mol. The van der Waals surface area contributed by atoms with Crippen LogP contribution in [0.3, 0.4) is 0 Å². The van der Waals surface area contributed by atoms with Gasteiger partial charge in [0.1, 0.15) is 13.2 Å². The van der Waals surface area contributed by atoms with Gasteiger partial charge in [0.2, 0.25) is 5.91 Å². The first-order valence-electron chi connectivity index (χ1n) is 18.4. The van der Waals surface area contributed by atoms with E-state index in [-0.39, 0.29) is 19.1 Å². The minimum absolute atomic E-state index is 0.0130. The Morgan fingerprint density at radius 3 is 1.50 bits per heavy atom. The summed E-state index contributed by atoms with van der Waals surface area (Å²) in [5.41, 5.74) is 0. The average Bonchev–Trinajstić information content (AvgIpc) is 2.95. The number of carbonyl (C=O) groups is 1. The highest BCUT2D eigenvalue weighted by Crippen LogP contribution is 2.38. The highest BCUT2D eigenvalue weighted by Gasteiger charge is 2.24. The summed E-state index contributed by atoms with van der Waals surface area (Å²) in [4.78, 5) is 24.4. The van der Waals surface area contributed by atoms with Crippen LogP contribution in [0.15, 0.2) is 0 Å². The van der Waals surface area contributed by atoms with Crippen molar-refractivity contribution in [2.24, 2.45) is 0 Å². The molecule has 0 rings (SSSR count). The Hall–Kier alpha value is -0.500. The van der Waals surface area contributed by atoms with Gasteiger partial charge in [0.15, 0.2) is 0 Å².